The Bertz CT molecular complexity index is 1550. The van der Waals surface area contributed by atoms with E-state index in [-0.39, 0.29) is 27.7 Å². The van der Waals surface area contributed by atoms with Crippen molar-refractivity contribution < 1.29 is 31.7 Å². The molecule has 0 atom stereocenters. The first-order chi connectivity index (χ1) is 17.5. The molecule has 9 nitrogen and oxygen atoms in total. The number of nitrogens with zero attached hydrogens (tertiary/aromatic N) is 1. The van der Waals surface area contributed by atoms with Crippen molar-refractivity contribution in [2.75, 3.05) is 12.0 Å². The Morgan fingerprint density at radius 2 is 1.65 bits per heavy atom. The van der Waals surface area contributed by atoms with Gasteiger partial charge in [0, 0.05) is 4.47 Å². The average molecular weight is 697 g/mol. The summed E-state index contributed by atoms with van der Waals surface area (Å²) in [7, 11) is -2.82. The maximum Gasteiger partial charge on any atom is 0.339 e. The van der Waals surface area contributed by atoms with Crippen molar-refractivity contribution in [1.29, 1.82) is 0 Å². The van der Waals surface area contributed by atoms with Crippen LogP contribution in [0.25, 0.3) is 6.08 Å². The number of carbonyl (C=O) groups is 3. The molecule has 1 aliphatic rings. The van der Waals surface area contributed by atoms with Crippen molar-refractivity contribution in [1.82, 2.24) is 5.32 Å². The van der Waals surface area contributed by atoms with E-state index in [0.29, 0.717) is 9.13 Å². The van der Waals surface area contributed by atoms with E-state index in [0.717, 1.165) is 14.9 Å². The standard InChI is InChI=1S/C25H18BrIN2O7S/c1-14-3-9-18(10-4-14)37(33,34)36-22-20(27)12-15(13-21(22)35-2)11-19-23(30)28-25(32)29(24(19)31)17-7-5-16(26)6-8-17/h3-13H,1-2H3,(H,28,30,32)/b19-11+. The van der Waals surface area contributed by atoms with E-state index < -0.39 is 28.0 Å². The summed E-state index contributed by atoms with van der Waals surface area (Å²) < 4.78 is 37.5. The van der Waals surface area contributed by atoms with Gasteiger partial charge >= 0.3 is 16.1 Å². The van der Waals surface area contributed by atoms with Crippen molar-refractivity contribution in [3.05, 3.63) is 85.4 Å². The van der Waals surface area contributed by atoms with Crippen molar-refractivity contribution in [3.63, 3.8) is 0 Å². The van der Waals surface area contributed by atoms with Crippen LogP contribution in [0, 0.1) is 10.5 Å². The molecule has 0 aromatic heterocycles. The van der Waals surface area contributed by atoms with E-state index in [4.69, 9.17) is 8.92 Å². The lowest BCUT2D eigenvalue weighted by Crippen LogP contribution is -2.54. The lowest BCUT2D eigenvalue weighted by Gasteiger charge is -2.26. The molecular weight excluding hydrogens is 679 g/mol. The largest absolute Gasteiger partial charge is 0.493 e. The van der Waals surface area contributed by atoms with Gasteiger partial charge in [-0.25, -0.2) is 9.69 Å². The van der Waals surface area contributed by atoms with Crippen LogP contribution in [-0.2, 0) is 19.7 Å². The molecule has 0 unspecified atom stereocenters. The summed E-state index contributed by atoms with van der Waals surface area (Å²) in [5.74, 6) is -1.65. The van der Waals surface area contributed by atoms with E-state index >= 15 is 0 Å². The molecule has 1 fully saturated rings. The molecule has 4 amide bonds. The fourth-order valence-corrected chi connectivity index (χ4v) is 5.52. The van der Waals surface area contributed by atoms with Crippen LogP contribution in [0.15, 0.2) is 75.6 Å². The van der Waals surface area contributed by atoms with Gasteiger partial charge < -0.3 is 8.92 Å². The fourth-order valence-electron chi connectivity index (χ4n) is 3.42. The van der Waals surface area contributed by atoms with Gasteiger partial charge in [-0.15, -0.1) is 0 Å². The van der Waals surface area contributed by atoms with Crippen LogP contribution in [0.3, 0.4) is 0 Å². The molecule has 0 bridgehead atoms. The highest BCUT2D eigenvalue weighted by Crippen LogP contribution is 2.37. The number of halogens is 2. The molecular formula is C25H18BrIN2O7S. The molecule has 4 rings (SSSR count). The molecule has 0 aliphatic carbocycles. The quantitative estimate of drug-likeness (QED) is 0.170. The lowest BCUT2D eigenvalue weighted by molar-refractivity contribution is -0.122. The molecule has 37 heavy (non-hydrogen) atoms. The van der Waals surface area contributed by atoms with Crippen molar-refractivity contribution >= 4 is 78.2 Å². The van der Waals surface area contributed by atoms with Gasteiger partial charge in [0.05, 0.1) is 16.4 Å². The van der Waals surface area contributed by atoms with Crippen molar-refractivity contribution in [3.8, 4) is 11.5 Å². The topological polar surface area (TPSA) is 119 Å². The number of benzene rings is 3. The minimum atomic E-state index is -4.16. The van der Waals surface area contributed by atoms with Crippen molar-refractivity contribution in [2.24, 2.45) is 0 Å². The van der Waals surface area contributed by atoms with Gasteiger partial charge in [0.1, 0.15) is 10.5 Å². The maximum atomic E-state index is 13.1. The van der Waals surface area contributed by atoms with Crippen LogP contribution in [-0.4, -0.2) is 33.4 Å². The summed E-state index contributed by atoms with van der Waals surface area (Å²) in [4.78, 5) is 38.9. The second-order valence-electron chi connectivity index (χ2n) is 7.82. The monoisotopic (exact) mass is 696 g/mol. The van der Waals surface area contributed by atoms with E-state index in [1.165, 1.54) is 37.5 Å². The third kappa shape index (κ3) is 5.70. The molecule has 1 saturated heterocycles. The third-order valence-corrected chi connectivity index (χ3v) is 7.82. The normalized spacial score (nSPS) is 15.1. The number of hydrogen-bond donors (Lipinski definition) is 1. The highest BCUT2D eigenvalue weighted by atomic mass is 127. The number of anilines is 1. The summed E-state index contributed by atoms with van der Waals surface area (Å²) in [5.41, 5.74) is 1.23. The number of imide groups is 2. The zero-order chi connectivity index (χ0) is 26.9. The molecule has 1 heterocycles. The first-order valence-electron chi connectivity index (χ1n) is 10.6. The van der Waals surface area contributed by atoms with Gasteiger partial charge in [0.2, 0.25) is 0 Å². The van der Waals surface area contributed by atoms with Crippen LogP contribution in [0.4, 0.5) is 10.5 Å². The molecule has 0 spiro atoms. The molecule has 12 heteroatoms. The third-order valence-electron chi connectivity index (χ3n) is 5.25. The molecule has 3 aromatic carbocycles. The maximum absolute atomic E-state index is 13.1. The highest BCUT2D eigenvalue weighted by Gasteiger charge is 2.37. The number of methoxy groups -OCH3 is 1. The summed E-state index contributed by atoms with van der Waals surface area (Å²) in [6, 6.07) is 14.7. The Balaban J connectivity index is 1.69. The molecule has 190 valence electrons. The van der Waals surface area contributed by atoms with E-state index in [1.807, 2.05) is 29.5 Å². The number of urea groups is 1. The number of barbiturate groups is 1. The Morgan fingerprint density at radius 1 is 1.00 bits per heavy atom. The van der Waals surface area contributed by atoms with Gasteiger partial charge in [-0.2, -0.15) is 8.42 Å². The Hall–Kier alpha value is -3.23. The summed E-state index contributed by atoms with van der Waals surface area (Å²) in [6.07, 6.45) is 1.29. The number of ether oxygens (including phenoxy) is 1. The highest BCUT2D eigenvalue weighted by molar-refractivity contribution is 14.1. The lowest BCUT2D eigenvalue weighted by atomic mass is 10.1. The Kier molecular flexibility index (Phi) is 7.71. The average Bonchev–Trinajstić information content (AvgIpc) is 2.84. The van der Waals surface area contributed by atoms with Gasteiger partial charge in [0.15, 0.2) is 11.5 Å². The van der Waals surface area contributed by atoms with Gasteiger partial charge in [-0.1, -0.05) is 33.6 Å². The Labute approximate surface area is 234 Å². The molecule has 0 saturated carbocycles. The number of rotatable bonds is 6. The van der Waals surface area contributed by atoms with Crippen LogP contribution >= 0.6 is 38.5 Å². The predicted molar refractivity (Wildman–Crippen MR) is 148 cm³/mol. The molecule has 3 aromatic rings. The van der Waals surface area contributed by atoms with E-state index in [2.05, 4.69) is 21.2 Å². The molecule has 0 radical (unpaired) electrons. The summed E-state index contributed by atoms with van der Waals surface area (Å²) in [6.45, 7) is 1.84. The number of aryl methyl sites for hydroxylation is 1. The van der Waals surface area contributed by atoms with Gasteiger partial charge in [-0.3, -0.25) is 14.9 Å². The van der Waals surface area contributed by atoms with Crippen LogP contribution in [0.2, 0.25) is 0 Å². The van der Waals surface area contributed by atoms with Crippen LogP contribution in [0.5, 0.6) is 11.5 Å². The second kappa shape index (κ2) is 10.6. The zero-order valence-electron chi connectivity index (χ0n) is 19.3. The SMILES string of the molecule is COc1cc(/C=C2\C(=O)NC(=O)N(c3ccc(Br)cc3)C2=O)cc(I)c1OS(=O)(=O)c1ccc(C)cc1. The number of hydrogen-bond acceptors (Lipinski definition) is 7. The van der Waals surface area contributed by atoms with Crippen LogP contribution in [0.1, 0.15) is 11.1 Å². The smallest absolute Gasteiger partial charge is 0.339 e. The first-order valence-corrected chi connectivity index (χ1v) is 13.8. The fraction of sp³-hybridized carbons (Fsp3) is 0.0800. The number of carbonyl (C=O) groups excluding carboxylic acids is 3. The first kappa shape index (κ1) is 26.8. The number of nitrogens with one attached hydrogen (secondary N) is 1. The zero-order valence-corrected chi connectivity index (χ0v) is 23.9. The summed E-state index contributed by atoms with van der Waals surface area (Å²) >= 11 is 5.17. The minimum Gasteiger partial charge on any atom is -0.493 e. The predicted octanol–water partition coefficient (Wildman–Crippen LogP) is 4.80. The van der Waals surface area contributed by atoms with Crippen molar-refractivity contribution in [2.45, 2.75) is 11.8 Å². The van der Waals surface area contributed by atoms with E-state index in [9.17, 15) is 22.8 Å². The molecule has 1 N–H and O–H groups in total. The second-order valence-corrected chi connectivity index (χ2v) is 11.4. The van der Waals surface area contributed by atoms with Gasteiger partial charge in [0.25, 0.3) is 11.8 Å². The van der Waals surface area contributed by atoms with Gasteiger partial charge in [-0.05, 0) is 89.7 Å². The molecule has 1 aliphatic heterocycles. The summed E-state index contributed by atoms with van der Waals surface area (Å²) in [5, 5.41) is 2.16. The minimum absolute atomic E-state index is 0.0238. The van der Waals surface area contributed by atoms with E-state index in [1.54, 1.807) is 36.4 Å². The van der Waals surface area contributed by atoms with Crippen LogP contribution < -0.4 is 19.1 Å². The number of amides is 4. The Morgan fingerprint density at radius 3 is 2.27 bits per heavy atom.